The highest BCUT2D eigenvalue weighted by Crippen LogP contribution is 2.37. The van der Waals surface area contributed by atoms with Crippen LogP contribution in [0.4, 0.5) is 11.4 Å². The fourth-order valence-corrected chi connectivity index (χ4v) is 4.55. The van der Waals surface area contributed by atoms with Gasteiger partial charge in [-0.3, -0.25) is 18.2 Å². The van der Waals surface area contributed by atoms with Crippen LogP contribution in [0.5, 0.6) is 5.75 Å². The number of aryl methyl sites for hydroxylation is 2. The van der Waals surface area contributed by atoms with Gasteiger partial charge in [0.1, 0.15) is 5.75 Å². The van der Waals surface area contributed by atoms with E-state index in [4.69, 9.17) is 16.3 Å². The number of nitrogens with one attached hydrogen (secondary N) is 1. The molecular weight excluding hydrogens is 432 g/mol. The Balaban J connectivity index is 1.64. The number of carbonyl (C=O) groups excluding carboxylic acids is 1. The summed E-state index contributed by atoms with van der Waals surface area (Å²) < 4.78 is 34.4. The van der Waals surface area contributed by atoms with Gasteiger partial charge in [0.15, 0.2) is 6.10 Å². The number of nitrogens with zero attached hydrogens (tertiary/aromatic N) is 3. The molecule has 0 saturated heterocycles. The number of amides is 1. The van der Waals surface area contributed by atoms with E-state index < -0.39 is 22.0 Å². The Labute approximate surface area is 177 Å². The second-order valence-electron chi connectivity index (χ2n) is 7.11. The molecular formula is C19H19ClN4O5S. The number of hydrogen-bond donors (Lipinski definition) is 1. The lowest BCUT2D eigenvalue weighted by Gasteiger charge is -2.34. The van der Waals surface area contributed by atoms with Gasteiger partial charge in [-0.25, -0.2) is 13.2 Å². The molecule has 0 fully saturated rings. The lowest BCUT2D eigenvalue weighted by Crippen LogP contribution is -2.48. The Kier molecular flexibility index (Phi) is 4.78. The molecule has 2 aromatic carbocycles. The molecule has 2 heterocycles. The van der Waals surface area contributed by atoms with E-state index in [2.05, 4.69) is 5.32 Å². The third-order valence-electron chi connectivity index (χ3n) is 5.02. The molecule has 4 rings (SSSR count). The van der Waals surface area contributed by atoms with Gasteiger partial charge in [-0.15, -0.1) is 0 Å². The normalized spacial score (nSPS) is 16.3. The highest BCUT2D eigenvalue weighted by molar-refractivity contribution is 7.92. The predicted octanol–water partition coefficient (Wildman–Crippen LogP) is 1.70. The van der Waals surface area contributed by atoms with Crippen LogP contribution in [0.3, 0.4) is 0 Å². The summed E-state index contributed by atoms with van der Waals surface area (Å²) in [5.41, 5.74) is 1.95. The second-order valence-corrected chi connectivity index (χ2v) is 9.45. The molecule has 1 aliphatic rings. The minimum Gasteiger partial charge on any atom is -0.476 e. The molecule has 3 aromatic rings. The molecule has 0 aliphatic carbocycles. The van der Waals surface area contributed by atoms with E-state index in [0.29, 0.717) is 16.2 Å². The maximum Gasteiger partial charge on any atom is 0.328 e. The lowest BCUT2D eigenvalue weighted by atomic mass is 10.2. The van der Waals surface area contributed by atoms with Gasteiger partial charge in [0, 0.05) is 24.8 Å². The van der Waals surface area contributed by atoms with E-state index in [0.717, 1.165) is 16.1 Å². The first-order valence-electron chi connectivity index (χ1n) is 8.96. The average Bonchev–Trinajstić information content (AvgIpc) is 2.90. The van der Waals surface area contributed by atoms with Crippen molar-refractivity contribution in [3.63, 3.8) is 0 Å². The van der Waals surface area contributed by atoms with Gasteiger partial charge in [0.05, 0.1) is 29.5 Å². The lowest BCUT2D eigenvalue weighted by molar-refractivity contribution is -0.122. The number of ether oxygens (including phenoxy) is 1. The Bertz CT molecular complexity index is 1340. The molecule has 1 atom stereocenters. The van der Waals surface area contributed by atoms with Crippen molar-refractivity contribution in [2.24, 2.45) is 14.1 Å². The van der Waals surface area contributed by atoms with Crippen LogP contribution in [0.15, 0.2) is 41.2 Å². The van der Waals surface area contributed by atoms with Crippen molar-refractivity contribution in [2.45, 2.75) is 6.10 Å². The number of carbonyl (C=O) groups is 1. The number of anilines is 2. The smallest absolute Gasteiger partial charge is 0.328 e. The summed E-state index contributed by atoms with van der Waals surface area (Å²) in [5, 5.41) is 3.09. The van der Waals surface area contributed by atoms with Crippen LogP contribution >= 0.6 is 11.6 Å². The molecule has 0 unspecified atom stereocenters. The van der Waals surface area contributed by atoms with Gasteiger partial charge in [-0.2, -0.15) is 0 Å². The molecule has 1 amide bonds. The van der Waals surface area contributed by atoms with E-state index in [1.807, 2.05) is 0 Å². The van der Waals surface area contributed by atoms with Crippen molar-refractivity contribution >= 4 is 49.9 Å². The van der Waals surface area contributed by atoms with Crippen molar-refractivity contribution in [1.82, 2.24) is 9.13 Å². The number of aromatic nitrogens is 2. The number of benzene rings is 2. The number of fused-ring (bicyclic) bond motifs is 2. The molecule has 0 radical (unpaired) electrons. The van der Waals surface area contributed by atoms with Crippen molar-refractivity contribution in [3.05, 3.63) is 51.9 Å². The maximum absolute atomic E-state index is 12.9. The summed E-state index contributed by atoms with van der Waals surface area (Å²) in [5.74, 6) is -0.262. The van der Waals surface area contributed by atoms with Crippen molar-refractivity contribution in [1.29, 1.82) is 0 Å². The monoisotopic (exact) mass is 450 g/mol. The molecule has 1 aromatic heterocycles. The SMILES string of the molecule is Cn1c(=O)n(C)c2cc(NC(=O)[C@H]3CN(S(C)(=O)=O)c4cc(Cl)ccc4O3)ccc21. The predicted molar refractivity (Wildman–Crippen MR) is 115 cm³/mol. The summed E-state index contributed by atoms with van der Waals surface area (Å²) >= 11 is 5.99. The third-order valence-corrected chi connectivity index (χ3v) is 6.40. The highest BCUT2D eigenvalue weighted by atomic mass is 35.5. The zero-order chi connectivity index (χ0) is 21.8. The average molecular weight is 451 g/mol. The third kappa shape index (κ3) is 3.41. The zero-order valence-electron chi connectivity index (χ0n) is 16.4. The molecule has 1 aliphatic heterocycles. The van der Waals surface area contributed by atoms with E-state index in [9.17, 15) is 18.0 Å². The minimum absolute atomic E-state index is 0.178. The first-order chi connectivity index (χ1) is 14.1. The van der Waals surface area contributed by atoms with Crippen LogP contribution in [-0.4, -0.2) is 42.4 Å². The largest absolute Gasteiger partial charge is 0.476 e. The van der Waals surface area contributed by atoms with Crippen LogP contribution in [0.25, 0.3) is 11.0 Å². The molecule has 1 N–H and O–H groups in total. The van der Waals surface area contributed by atoms with Gasteiger partial charge in [-0.05, 0) is 36.4 Å². The quantitative estimate of drug-likeness (QED) is 0.654. The first-order valence-corrected chi connectivity index (χ1v) is 11.2. The number of hydrogen-bond acceptors (Lipinski definition) is 5. The van der Waals surface area contributed by atoms with Crippen LogP contribution < -0.4 is 20.0 Å². The van der Waals surface area contributed by atoms with Crippen molar-refractivity contribution < 1.29 is 17.9 Å². The zero-order valence-corrected chi connectivity index (χ0v) is 18.0. The summed E-state index contributed by atoms with van der Waals surface area (Å²) in [6.45, 7) is -0.190. The van der Waals surface area contributed by atoms with E-state index in [-0.39, 0.29) is 23.7 Å². The number of rotatable bonds is 3. The van der Waals surface area contributed by atoms with Crippen molar-refractivity contribution in [3.8, 4) is 5.75 Å². The first kappa shape index (κ1) is 20.3. The van der Waals surface area contributed by atoms with Gasteiger partial charge < -0.3 is 10.1 Å². The van der Waals surface area contributed by atoms with E-state index in [1.54, 1.807) is 38.4 Å². The highest BCUT2D eigenvalue weighted by Gasteiger charge is 2.35. The van der Waals surface area contributed by atoms with Gasteiger partial charge in [-0.1, -0.05) is 11.6 Å². The molecule has 11 heteroatoms. The van der Waals surface area contributed by atoms with E-state index >= 15 is 0 Å². The summed E-state index contributed by atoms with van der Waals surface area (Å²) in [7, 11) is -0.344. The topological polar surface area (TPSA) is 103 Å². The summed E-state index contributed by atoms with van der Waals surface area (Å²) in [6, 6.07) is 9.65. The van der Waals surface area contributed by atoms with Crippen molar-refractivity contribution in [2.75, 3.05) is 22.4 Å². The second kappa shape index (κ2) is 7.06. The Hall–Kier alpha value is -2.98. The van der Waals surface area contributed by atoms with Crippen LogP contribution in [0.1, 0.15) is 0 Å². The number of sulfonamides is 1. The van der Waals surface area contributed by atoms with Gasteiger partial charge in [0.2, 0.25) is 10.0 Å². The molecule has 0 saturated carbocycles. The van der Waals surface area contributed by atoms with Gasteiger partial charge >= 0.3 is 5.69 Å². The van der Waals surface area contributed by atoms with Crippen LogP contribution in [-0.2, 0) is 28.9 Å². The minimum atomic E-state index is -3.66. The summed E-state index contributed by atoms with van der Waals surface area (Å²) in [4.78, 5) is 24.9. The molecule has 0 bridgehead atoms. The fraction of sp³-hybridized carbons (Fsp3) is 0.263. The standard InChI is InChI=1S/C19H19ClN4O5S/c1-22-13-6-5-12(9-14(13)23(2)19(22)26)21-18(25)17-10-24(30(3,27)28)15-8-11(20)4-7-16(15)29-17/h4-9,17H,10H2,1-3H3,(H,21,25)/t17-/m1/s1. The molecule has 9 nitrogen and oxygen atoms in total. The molecule has 30 heavy (non-hydrogen) atoms. The molecule has 158 valence electrons. The number of halogens is 1. The van der Waals surface area contributed by atoms with Crippen LogP contribution in [0, 0.1) is 0 Å². The fourth-order valence-electron chi connectivity index (χ4n) is 3.48. The number of imidazole rings is 1. The Morgan fingerprint density at radius 2 is 1.83 bits per heavy atom. The Morgan fingerprint density at radius 3 is 2.53 bits per heavy atom. The molecule has 0 spiro atoms. The van der Waals surface area contributed by atoms with Gasteiger partial charge in [0.25, 0.3) is 5.91 Å². The Morgan fingerprint density at radius 1 is 1.13 bits per heavy atom. The summed E-state index contributed by atoms with van der Waals surface area (Å²) in [6.07, 6.45) is -0.00867. The van der Waals surface area contributed by atoms with E-state index in [1.165, 1.54) is 21.3 Å². The maximum atomic E-state index is 12.9. The van der Waals surface area contributed by atoms with Crippen LogP contribution in [0.2, 0.25) is 5.02 Å².